The monoisotopic (exact) mass is 1010 g/mol. The molecule has 0 aliphatic rings. The van der Waals surface area contributed by atoms with Crippen LogP contribution in [0.5, 0.6) is 11.5 Å². The number of unbranched alkanes of at least 4 members (excludes halogenated alkanes) is 2. The first-order valence-electron chi connectivity index (χ1n) is 19.6. The van der Waals surface area contributed by atoms with Crippen LogP contribution in [-0.4, -0.2) is 111 Å². The molecule has 0 atom stereocenters. The van der Waals surface area contributed by atoms with Gasteiger partial charge in [-0.2, -0.15) is 10.2 Å². The summed E-state index contributed by atoms with van der Waals surface area (Å²) in [6, 6.07) is 8.78. The van der Waals surface area contributed by atoms with E-state index < -0.39 is 76.0 Å². The quantitative estimate of drug-likeness (QED) is 0.0347. The van der Waals surface area contributed by atoms with Crippen molar-refractivity contribution >= 4 is 37.7 Å². The van der Waals surface area contributed by atoms with E-state index in [1.165, 1.54) is 60.2 Å². The molecule has 0 amide bonds. The number of carboxylic acids is 1. The summed E-state index contributed by atoms with van der Waals surface area (Å²) in [6.07, 6.45) is -1.08. The molecule has 4 rings (SSSR count). The van der Waals surface area contributed by atoms with E-state index in [-0.39, 0.29) is 67.2 Å². The number of nitrogens with zero attached hydrogens (tertiary/aromatic N) is 7. The van der Waals surface area contributed by atoms with Gasteiger partial charge in [-0.05, 0) is 37.1 Å². The normalized spacial score (nSPS) is 12.2. The Hall–Kier alpha value is -3.94. The summed E-state index contributed by atoms with van der Waals surface area (Å²) in [6.45, 7) is -0.466. The zero-order valence-corrected chi connectivity index (χ0v) is 39.4. The largest absolute Gasteiger partial charge is 0.687 e. The van der Waals surface area contributed by atoms with Crippen LogP contribution in [0.25, 0.3) is 11.6 Å². The van der Waals surface area contributed by atoms with E-state index in [4.69, 9.17) is 24.1 Å². The highest BCUT2D eigenvalue weighted by atomic mass is 31.2. The van der Waals surface area contributed by atoms with Gasteiger partial charge >= 0.3 is 5.97 Å². The molecule has 3 aromatic heterocycles. The Kier molecular flexibility index (Phi) is 21.3. The van der Waals surface area contributed by atoms with Gasteiger partial charge in [0, 0.05) is 70.2 Å². The fourth-order valence-electron chi connectivity index (χ4n) is 5.93. The molecule has 0 saturated carbocycles. The third kappa shape index (κ3) is 21.5. The molecule has 0 spiro atoms. The van der Waals surface area contributed by atoms with E-state index in [9.17, 15) is 63.5 Å². The van der Waals surface area contributed by atoms with Crippen molar-refractivity contribution in [3.05, 3.63) is 76.9 Å². The average molecular weight is 1010 g/mol. The van der Waals surface area contributed by atoms with Gasteiger partial charge in [-0.1, -0.05) is 23.7 Å². The molecule has 4 aromatic rings. The lowest BCUT2D eigenvalue weighted by atomic mass is 10.1. The fraction of sp³-hybridized carbons (Fsp3) is 0.421. The molecular weight excluding hydrogens is 966 g/mol. The molecular formula is C38H43N7O18P4-8. The number of rotatable bonds is 26. The van der Waals surface area contributed by atoms with Crippen LogP contribution in [0.4, 0.5) is 0 Å². The molecule has 0 bridgehead atoms. The number of hydrogen-bond acceptors (Lipinski definition) is 22. The van der Waals surface area contributed by atoms with Crippen LogP contribution >= 0.6 is 31.8 Å². The second-order valence-corrected chi connectivity index (χ2v) is 20.4. The van der Waals surface area contributed by atoms with E-state index in [2.05, 4.69) is 38.9 Å². The fourth-order valence-corrected chi connectivity index (χ4v) is 9.01. The second-order valence-electron chi connectivity index (χ2n) is 14.4. The van der Waals surface area contributed by atoms with Crippen molar-refractivity contribution < 1.29 is 87.6 Å². The zero-order valence-electron chi connectivity index (χ0n) is 35.8. The van der Waals surface area contributed by atoms with Crippen LogP contribution in [-0.2, 0) is 27.4 Å². The van der Waals surface area contributed by atoms with Crippen LogP contribution < -0.4 is 68.2 Å². The molecule has 0 saturated heterocycles. The summed E-state index contributed by atoms with van der Waals surface area (Å²) in [5, 5.41) is 17.6. The average Bonchev–Trinajstić information content (AvgIpc) is 3.86. The van der Waals surface area contributed by atoms with Gasteiger partial charge in [-0.25, -0.2) is 24.1 Å². The second kappa shape index (κ2) is 25.6. The summed E-state index contributed by atoms with van der Waals surface area (Å²) in [5.41, 5.74) is 0.985. The van der Waals surface area contributed by atoms with Crippen molar-refractivity contribution in [2.75, 3.05) is 65.8 Å². The number of aromatic nitrogens is 5. The molecule has 0 radical (unpaired) electrons. The third-order valence-corrected chi connectivity index (χ3v) is 11.5. The minimum Gasteiger partial charge on any atom is -0.687 e. The first kappa shape index (κ1) is 55.7. The molecule has 0 aliphatic heterocycles. The van der Waals surface area contributed by atoms with Crippen LogP contribution in [0, 0.1) is 23.7 Å². The summed E-state index contributed by atoms with van der Waals surface area (Å²) in [5.74, 6) is 11.8. The number of ether oxygens (including phenoxy) is 4. The van der Waals surface area contributed by atoms with E-state index in [1.807, 2.05) is 0 Å². The van der Waals surface area contributed by atoms with Crippen LogP contribution in [0.2, 0.25) is 0 Å². The first-order valence-corrected chi connectivity index (χ1v) is 26.5. The number of carboxylic acid groups (broad SMARTS) is 1. The summed E-state index contributed by atoms with van der Waals surface area (Å²) in [7, 11) is -18.3. The van der Waals surface area contributed by atoms with Gasteiger partial charge in [0.05, 0.1) is 60.9 Å². The maximum Gasteiger partial charge on any atom is 0.303 e. The number of hydrogen-bond donors (Lipinski definition) is 1. The third-order valence-electron chi connectivity index (χ3n) is 8.50. The molecule has 366 valence electrons. The summed E-state index contributed by atoms with van der Waals surface area (Å²) < 4.78 is 24.6. The highest BCUT2D eigenvalue weighted by Crippen LogP contribution is 2.37. The topological polar surface area (TPSA) is 406 Å². The number of aliphatic carboxylic acids is 1. The van der Waals surface area contributed by atoms with Crippen LogP contribution in [0.3, 0.4) is 0 Å². The van der Waals surface area contributed by atoms with E-state index >= 15 is 0 Å². The minimum atomic E-state index is -5.33. The minimum absolute atomic E-state index is 0.00778. The predicted octanol–water partition coefficient (Wildman–Crippen LogP) is -7.29. The Labute approximate surface area is 387 Å². The van der Waals surface area contributed by atoms with Gasteiger partial charge in [-0.15, -0.1) is 31.8 Å². The maximum absolute atomic E-state index is 11.5. The lowest BCUT2D eigenvalue weighted by Crippen LogP contribution is -2.46. The lowest BCUT2D eigenvalue weighted by molar-refractivity contribution is -0.436. The van der Waals surface area contributed by atoms with Crippen molar-refractivity contribution in [3.8, 4) is 46.8 Å². The van der Waals surface area contributed by atoms with Gasteiger partial charge in [0.15, 0.2) is 11.6 Å². The zero-order chi connectivity index (χ0) is 49.4. The van der Waals surface area contributed by atoms with Crippen LogP contribution in [0.1, 0.15) is 53.8 Å². The molecule has 1 N–H and O–H groups in total. The predicted molar refractivity (Wildman–Crippen MR) is 217 cm³/mol. The molecule has 29 heteroatoms. The molecule has 0 aliphatic carbocycles. The van der Waals surface area contributed by atoms with Crippen molar-refractivity contribution in [3.63, 3.8) is 0 Å². The summed E-state index contributed by atoms with van der Waals surface area (Å²) in [4.78, 5) is 155. The molecule has 67 heavy (non-hydrogen) atoms. The Morgan fingerprint density at radius 1 is 0.627 bits per heavy atom. The van der Waals surface area contributed by atoms with E-state index in [1.54, 1.807) is 12.1 Å². The highest BCUT2D eigenvalue weighted by molar-refractivity contribution is 7.55. The van der Waals surface area contributed by atoms with Crippen molar-refractivity contribution in [1.29, 1.82) is 0 Å². The molecule has 0 fully saturated rings. The molecule has 0 unspecified atom stereocenters. The van der Waals surface area contributed by atoms with E-state index in [0.29, 0.717) is 45.9 Å². The smallest absolute Gasteiger partial charge is 0.303 e. The highest BCUT2D eigenvalue weighted by Gasteiger charge is 2.20. The maximum atomic E-state index is 11.5. The SMILES string of the molecule is COCCOc1cc(C#Cc2cc(-n3ccc(CN(C[P+]([O-])([O-])[O-])C[P+]([O-])([O-])[O-])n3)nc(-n3ccc(CN(C[P+]([O-])([O-])[O-])C[P+]([O-])([O-])[O-])n3)c2)c(OCCOC)cc1C#CCCCCC(=O)O. The Morgan fingerprint density at radius 2 is 1.06 bits per heavy atom. The number of carbonyl (C=O) groups is 1. The van der Waals surface area contributed by atoms with Gasteiger partial charge in [0.25, 0.3) is 0 Å². The Bertz CT molecular complexity index is 2230. The molecule has 1 aromatic carbocycles. The van der Waals surface area contributed by atoms with Crippen molar-refractivity contribution in [2.24, 2.45) is 0 Å². The van der Waals surface area contributed by atoms with Crippen molar-refractivity contribution in [2.45, 2.75) is 38.8 Å². The van der Waals surface area contributed by atoms with Gasteiger partial charge in [0.2, 0.25) is 0 Å². The molecule has 25 nitrogen and oxygen atoms in total. The van der Waals surface area contributed by atoms with Crippen molar-refractivity contribution in [1.82, 2.24) is 34.3 Å². The number of pyridine rings is 1. The van der Waals surface area contributed by atoms with Crippen LogP contribution in [0.15, 0.2) is 48.8 Å². The van der Waals surface area contributed by atoms with Gasteiger partial charge in [-0.3, -0.25) is 4.79 Å². The Balaban J connectivity index is 1.83. The summed E-state index contributed by atoms with van der Waals surface area (Å²) >= 11 is 0. The number of benzene rings is 1. The standard InChI is InChI=1S/C38H51N7O18P4/c1-60-15-17-62-34-22-31(35(63-18-16-61-2)21-30(34)7-5-3-4-6-8-38(46)47)10-9-29-19-36(44-13-11-32(40-44)23-42(25-64(48,49)50)26-65(51,52)53)39-37(20-29)45-14-12-33(41-45)24-43(27-66(54,55)56)28-67(57,58)59/h11-14,19-22H,3-4,6,8,15-18,23-28H2,1-2H3,(H,46,47)(H2,48,49,50)(H2,51,52,53)(H2,54,55,56)(H2,57,58,59)/p-8. The molecule has 3 heterocycles. The first-order chi connectivity index (χ1) is 31.4. The van der Waals surface area contributed by atoms with Gasteiger partial charge < -0.3 is 82.8 Å². The Morgan fingerprint density at radius 3 is 1.46 bits per heavy atom. The van der Waals surface area contributed by atoms with Gasteiger partial charge in [0.1, 0.15) is 24.7 Å². The lowest BCUT2D eigenvalue weighted by Gasteiger charge is -2.49. The number of methoxy groups -OCH3 is 2. The van der Waals surface area contributed by atoms with E-state index in [0.717, 1.165) is 0 Å².